The van der Waals surface area contributed by atoms with E-state index in [4.69, 9.17) is 9.40 Å². The molecule has 1 aliphatic heterocycles. The molecule has 0 saturated carbocycles. The summed E-state index contributed by atoms with van der Waals surface area (Å²) in [5.74, 6) is 1.94. The van der Waals surface area contributed by atoms with Crippen LogP contribution in [-0.2, 0) is 13.0 Å². The van der Waals surface area contributed by atoms with Crippen molar-refractivity contribution in [2.45, 2.75) is 40.2 Å². The van der Waals surface area contributed by atoms with Crippen molar-refractivity contribution in [3.8, 4) is 11.3 Å². The van der Waals surface area contributed by atoms with Crippen LogP contribution in [0.4, 0.5) is 6.01 Å². The maximum absolute atomic E-state index is 5.68. The number of fused-ring (bicyclic) bond motifs is 2. The number of anilines is 1. The van der Waals surface area contributed by atoms with Crippen LogP contribution >= 0.6 is 0 Å². The lowest BCUT2D eigenvalue weighted by atomic mass is 10.0. The summed E-state index contributed by atoms with van der Waals surface area (Å²) in [6.45, 7) is 8.38. The van der Waals surface area contributed by atoms with Crippen molar-refractivity contribution in [3.63, 3.8) is 0 Å². The third kappa shape index (κ3) is 2.40. The summed E-state index contributed by atoms with van der Waals surface area (Å²) in [5, 5.41) is 3.11. The van der Waals surface area contributed by atoms with Gasteiger partial charge in [0.25, 0.3) is 6.01 Å². The number of nitrogens with zero attached hydrogens (tertiary/aromatic N) is 3. The van der Waals surface area contributed by atoms with Crippen molar-refractivity contribution in [2.75, 3.05) is 11.9 Å². The van der Waals surface area contributed by atoms with Crippen LogP contribution < -0.4 is 5.32 Å². The van der Waals surface area contributed by atoms with Gasteiger partial charge < -0.3 is 14.3 Å². The molecule has 0 radical (unpaired) electrons. The molecule has 1 unspecified atom stereocenters. The first-order chi connectivity index (χ1) is 11.2. The zero-order chi connectivity index (χ0) is 16.0. The molecule has 3 heterocycles. The molecule has 1 aliphatic rings. The molecule has 120 valence electrons. The van der Waals surface area contributed by atoms with Crippen molar-refractivity contribution < 1.29 is 4.42 Å². The average Bonchev–Trinajstić information content (AvgIpc) is 3.08. The van der Waals surface area contributed by atoms with E-state index in [1.54, 1.807) is 0 Å². The topological polar surface area (TPSA) is 55.9 Å². The Morgan fingerprint density at radius 2 is 2.22 bits per heavy atom. The molecular formula is C18H22N4O. The van der Waals surface area contributed by atoms with Gasteiger partial charge in [0, 0.05) is 30.8 Å². The molecule has 23 heavy (non-hydrogen) atoms. The van der Waals surface area contributed by atoms with Gasteiger partial charge in [-0.15, -0.1) is 0 Å². The molecule has 0 fully saturated rings. The first kappa shape index (κ1) is 14.3. The van der Waals surface area contributed by atoms with E-state index in [9.17, 15) is 0 Å². The molecule has 0 bridgehead atoms. The van der Waals surface area contributed by atoms with Gasteiger partial charge in [0.15, 0.2) is 5.58 Å². The molecule has 4 rings (SSSR count). The molecule has 2 aromatic heterocycles. The molecule has 0 saturated heterocycles. The summed E-state index contributed by atoms with van der Waals surface area (Å²) < 4.78 is 8.05. The number of hydrogen-bond acceptors (Lipinski definition) is 4. The Morgan fingerprint density at radius 3 is 3.04 bits per heavy atom. The van der Waals surface area contributed by atoms with E-state index in [1.807, 2.05) is 13.0 Å². The van der Waals surface area contributed by atoms with Crippen molar-refractivity contribution >= 4 is 17.1 Å². The zero-order valence-corrected chi connectivity index (χ0v) is 13.9. The third-order valence-corrected chi connectivity index (χ3v) is 4.64. The Balaban J connectivity index is 1.77. The predicted octanol–water partition coefficient (Wildman–Crippen LogP) is 4.01. The summed E-state index contributed by atoms with van der Waals surface area (Å²) >= 11 is 0. The minimum atomic E-state index is 0.578. The minimum absolute atomic E-state index is 0.578. The SMILES string of the molecule is CCNc1nc2cc(-c3nc4n(c3C)CC(C)CC4)ccc2o1. The van der Waals surface area contributed by atoms with Crippen LogP contribution in [0, 0.1) is 12.8 Å². The van der Waals surface area contributed by atoms with Crippen LogP contribution in [0.3, 0.4) is 0 Å². The van der Waals surface area contributed by atoms with E-state index >= 15 is 0 Å². The Morgan fingerprint density at radius 1 is 1.35 bits per heavy atom. The standard InChI is InChI=1S/C18H22N4O/c1-4-19-18-20-14-9-13(6-7-15(14)23-18)17-12(3)22-10-11(2)5-8-16(22)21-17/h6-7,9,11H,4-5,8,10H2,1-3H3,(H,19,20). The smallest absolute Gasteiger partial charge is 0.295 e. The number of nitrogens with one attached hydrogen (secondary N) is 1. The number of hydrogen-bond donors (Lipinski definition) is 1. The van der Waals surface area contributed by atoms with Gasteiger partial charge in [-0.1, -0.05) is 6.92 Å². The lowest BCUT2D eigenvalue weighted by molar-refractivity contribution is 0.389. The summed E-state index contributed by atoms with van der Waals surface area (Å²) in [6.07, 6.45) is 2.29. The Hall–Kier alpha value is -2.30. The molecule has 0 amide bonds. The molecule has 1 aromatic carbocycles. The number of imidazole rings is 1. The molecule has 5 heteroatoms. The van der Waals surface area contributed by atoms with Gasteiger partial charge in [-0.25, -0.2) is 4.98 Å². The number of oxazole rings is 1. The van der Waals surface area contributed by atoms with Gasteiger partial charge in [0.1, 0.15) is 11.3 Å². The fraction of sp³-hybridized carbons (Fsp3) is 0.444. The quantitative estimate of drug-likeness (QED) is 0.794. The lowest BCUT2D eigenvalue weighted by Crippen LogP contribution is -2.18. The average molecular weight is 310 g/mol. The highest BCUT2D eigenvalue weighted by Gasteiger charge is 2.21. The van der Waals surface area contributed by atoms with Crippen molar-refractivity contribution in [2.24, 2.45) is 5.92 Å². The fourth-order valence-corrected chi connectivity index (χ4v) is 3.38. The number of aromatic nitrogens is 3. The summed E-state index contributed by atoms with van der Waals surface area (Å²) in [6, 6.07) is 6.71. The molecule has 0 spiro atoms. The van der Waals surface area contributed by atoms with E-state index in [2.05, 4.69) is 40.8 Å². The van der Waals surface area contributed by atoms with Crippen LogP contribution in [0.5, 0.6) is 0 Å². The summed E-state index contributed by atoms with van der Waals surface area (Å²) in [4.78, 5) is 9.39. The van der Waals surface area contributed by atoms with Gasteiger partial charge in [-0.2, -0.15) is 4.98 Å². The highest BCUT2D eigenvalue weighted by molar-refractivity contribution is 5.81. The first-order valence-electron chi connectivity index (χ1n) is 8.36. The van der Waals surface area contributed by atoms with Gasteiger partial charge in [0.2, 0.25) is 0 Å². The first-order valence-corrected chi connectivity index (χ1v) is 8.36. The highest BCUT2D eigenvalue weighted by atomic mass is 16.4. The van der Waals surface area contributed by atoms with Gasteiger partial charge >= 0.3 is 0 Å². The highest BCUT2D eigenvalue weighted by Crippen LogP contribution is 2.31. The monoisotopic (exact) mass is 310 g/mol. The predicted molar refractivity (Wildman–Crippen MR) is 91.6 cm³/mol. The number of benzene rings is 1. The zero-order valence-electron chi connectivity index (χ0n) is 13.9. The van der Waals surface area contributed by atoms with E-state index < -0.39 is 0 Å². The lowest BCUT2D eigenvalue weighted by Gasteiger charge is -2.21. The van der Waals surface area contributed by atoms with Gasteiger partial charge in [-0.05, 0) is 44.4 Å². The molecular weight excluding hydrogens is 288 g/mol. The van der Waals surface area contributed by atoms with Crippen LogP contribution in [0.2, 0.25) is 0 Å². The van der Waals surface area contributed by atoms with Crippen LogP contribution in [0.15, 0.2) is 22.6 Å². The third-order valence-electron chi connectivity index (χ3n) is 4.64. The van der Waals surface area contributed by atoms with Crippen molar-refractivity contribution in [1.82, 2.24) is 14.5 Å². The second kappa shape index (κ2) is 5.41. The fourth-order valence-electron chi connectivity index (χ4n) is 3.38. The van der Waals surface area contributed by atoms with E-state index in [0.29, 0.717) is 6.01 Å². The van der Waals surface area contributed by atoms with Crippen LogP contribution in [0.1, 0.15) is 31.8 Å². The maximum atomic E-state index is 5.68. The molecule has 1 N–H and O–H groups in total. The Bertz CT molecular complexity index is 861. The molecule has 5 nitrogen and oxygen atoms in total. The molecule has 1 atom stereocenters. The maximum Gasteiger partial charge on any atom is 0.295 e. The van der Waals surface area contributed by atoms with Gasteiger partial charge in [0.05, 0.1) is 5.69 Å². The Kier molecular flexibility index (Phi) is 3.36. The second-order valence-corrected chi connectivity index (χ2v) is 6.45. The second-order valence-electron chi connectivity index (χ2n) is 6.45. The summed E-state index contributed by atoms with van der Waals surface area (Å²) in [5.41, 5.74) is 5.11. The van der Waals surface area contributed by atoms with Crippen LogP contribution in [-0.4, -0.2) is 21.1 Å². The van der Waals surface area contributed by atoms with E-state index in [0.717, 1.165) is 47.8 Å². The molecule has 3 aromatic rings. The normalized spacial score (nSPS) is 17.4. The van der Waals surface area contributed by atoms with Crippen molar-refractivity contribution in [3.05, 3.63) is 29.7 Å². The van der Waals surface area contributed by atoms with E-state index in [-0.39, 0.29) is 0 Å². The largest absolute Gasteiger partial charge is 0.424 e. The van der Waals surface area contributed by atoms with Crippen molar-refractivity contribution in [1.29, 1.82) is 0 Å². The number of rotatable bonds is 3. The number of aryl methyl sites for hydroxylation is 1. The Labute approximate surface area is 135 Å². The van der Waals surface area contributed by atoms with E-state index in [1.165, 1.54) is 17.9 Å². The van der Waals surface area contributed by atoms with Gasteiger partial charge in [-0.3, -0.25) is 0 Å². The van der Waals surface area contributed by atoms with Crippen LogP contribution in [0.25, 0.3) is 22.4 Å². The summed E-state index contributed by atoms with van der Waals surface area (Å²) in [7, 11) is 0. The minimum Gasteiger partial charge on any atom is -0.424 e. The molecule has 0 aliphatic carbocycles.